The summed E-state index contributed by atoms with van der Waals surface area (Å²) in [4.78, 5) is 33.7. The number of carbonyl (C=O) groups is 1. The van der Waals surface area contributed by atoms with Crippen molar-refractivity contribution in [2.45, 2.75) is 44.8 Å². The van der Waals surface area contributed by atoms with Gasteiger partial charge < -0.3 is 9.88 Å². The molecule has 0 spiro atoms. The molecule has 0 saturated heterocycles. The fraction of sp³-hybridized carbons (Fsp3) is 0.389. The molecule has 6 heteroatoms. The largest absolute Gasteiger partial charge is 0.308 e. The number of nitrogens with one attached hydrogen (secondary N) is 1. The summed E-state index contributed by atoms with van der Waals surface area (Å²) in [5.41, 5.74) is 3.52. The van der Waals surface area contributed by atoms with Gasteiger partial charge in [-0.1, -0.05) is 36.9 Å². The first-order valence-electron chi connectivity index (χ1n) is 8.13. The highest BCUT2D eigenvalue weighted by Gasteiger charge is 2.30. The zero-order chi connectivity index (χ0) is 17.3. The third-order valence-corrected chi connectivity index (χ3v) is 5.22. The van der Waals surface area contributed by atoms with E-state index in [1.165, 1.54) is 17.3 Å². The van der Waals surface area contributed by atoms with Crippen LogP contribution < -0.4 is 10.5 Å². The maximum absolute atomic E-state index is 12.7. The lowest BCUT2D eigenvalue weighted by atomic mass is 10.1. The molecule has 3 rings (SSSR count). The van der Waals surface area contributed by atoms with E-state index >= 15 is 0 Å². The van der Waals surface area contributed by atoms with E-state index in [4.69, 9.17) is 0 Å². The quantitative estimate of drug-likeness (QED) is 0.685. The molecule has 0 aliphatic carbocycles. The molecule has 0 radical (unpaired) electrons. The van der Waals surface area contributed by atoms with E-state index in [-0.39, 0.29) is 23.3 Å². The minimum absolute atomic E-state index is 0.0392. The maximum Gasteiger partial charge on any atom is 0.254 e. The number of aryl methyl sites for hydroxylation is 1. The number of para-hydroxylation sites is 1. The number of fused-ring (bicyclic) bond motifs is 1. The molecule has 0 fully saturated rings. The Kier molecular flexibility index (Phi) is 4.76. The zero-order valence-electron chi connectivity index (χ0n) is 14.1. The number of hydrogen-bond donors (Lipinski definition) is 1. The number of thioether (sulfide) groups is 1. The number of benzene rings is 1. The summed E-state index contributed by atoms with van der Waals surface area (Å²) in [5.74, 6) is 0.296. The van der Waals surface area contributed by atoms with E-state index < -0.39 is 0 Å². The van der Waals surface area contributed by atoms with Gasteiger partial charge in [0.25, 0.3) is 5.56 Å². The predicted octanol–water partition coefficient (Wildman–Crippen LogP) is 2.71. The average molecular weight is 343 g/mol. The van der Waals surface area contributed by atoms with Gasteiger partial charge >= 0.3 is 0 Å². The van der Waals surface area contributed by atoms with E-state index in [2.05, 4.69) is 23.0 Å². The van der Waals surface area contributed by atoms with Gasteiger partial charge in [-0.15, -0.1) is 0 Å². The normalized spacial score (nSPS) is 16.3. The summed E-state index contributed by atoms with van der Waals surface area (Å²) >= 11 is 1.28. The molecule has 1 atom stereocenters. The fourth-order valence-electron chi connectivity index (χ4n) is 3.21. The van der Waals surface area contributed by atoms with Crippen molar-refractivity contribution in [3.05, 3.63) is 51.4 Å². The van der Waals surface area contributed by atoms with E-state index in [1.54, 1.807) is 0 Å². The molecule has 1 aliphatic rings. The van der Waals surface area contributed by atoms with Crippen molar-refractivity contribution in [1.29, 1.82) is 0 Å². The molecule has 1 aromatic heterocycles. The van der Waals surface area contributed by atoms with Crippen LogP contribution in [0.1, 0.15) is 30.7 Å². The highest BCUT2D eigenvalue weighted by atomic mass is 32.2. The van der Waals surface area contributed by atoms with Gasteiger partial charge in [0.05, 0.1) is 5.75 Å². The van der Waals surface area contributed by atoms with Crippen molar-refractivity contribution in [2.24, 2.45) is 0 Å². The van der Waals surface area contributed by atoms with Gasteiger partial charge in [0, 0.05) is 23.0 Å². The SMILES string of the molecule is CCc1c(C)nc(SCC(=O)N2c3ccccc3C[C@@H]2C)[nH]c1=O. The minimum Gasteiger partial charge on any atom is -0.308 e. The number of rotatable bonds is 4. The van der Waals surface area contributed by atoms with Crippen molar-refractivity contribution < 1.29 is 4.79 Å². The van der Waals surface area contributed by atoms with Gasteiger partial charge in [0.1, 0.15) is 0 Å². The number of hydrogen-bond acceptors (Lipinski definition) is 4. The van der Waals surface area contributed by atoms with Gasteiger partial charge in [0.2, 0.25) is 5.91 Å². The molecule has 0 saturated carbocycles. The minimum atomic E-state index is -0.111. The molecule has 5 nitrogen and oxygen atoms in total. The highest BCUT2D eigenvalue weighted by Crippen LogP contribution is 2.32. The molecule has 1 aromatic carbocycles. The van der Waals surface area contributed by atoms with Crippen molar-refractivity contribution in [2.75, 3.05) is 10.7 Å². The molecule has 1 amide bonds. The van der Waals surface area contributed by atoms with E-state index in [9.17, 15) is 9.59 Å². The van der Waals surface area contributed by atoms with Crippen molar-refractivity contribution in [3.8, 4) is 0 Å². The van der Waals surface area contributed by atoms with Gasteiger partial charge in [-0.2, -0.15) is 0 Å². The summed E-state index contributed by atoms with van der Waals surface area (Å²) in [6.07, 6.45) is 1.53. The summed E-state index contributed by atoms with van der Waals surface area (Å²) in [6.45, 7) is 5.82. The van der Waals surface area contributed by atoms with Crippen LogP contribution in [0.15, 0.2) is 34.2 Å². The Morgan fingerprint density at radius 3 is 2.88 bits per heavy atom. The third-order valence-electron chi connectivity index (χ3n) is 4.36. The molecule has 126 valence electrons. The van der Waals surface area contributed by atoms with Crippen LogP contribution in [0.3, 0.4) is 0 Å². The van der Waals surface area contributed by atoms with Gasteiger partial charge in [-0.25, -0.2) is 4.98 Å². The van der Waals surface area contributed by atoms with Crippen LogP contribution in [0, 0.1) is 6.92 Å². The predicted molar refractivity (Wildman–Crippen MR) is 96.8 cm³/mol. The molecule has 0 unspecified atom stereocenters. The van der Waals surface area contributed by atoms with Crippen LogP contribution in [0.25, 0.3) is 0 Å². The number of nitrogens with zero attached hydrogens (tertiary/aromatic N) is 2. The molecular weight excluding hydrogens is 322 g/mol. The Labute approximate surface area is 145 Å². The zero-order valence-corrected chi connectivity index (χ0v) is 14.9. The fourth-order valence-corrected chi connectivity index (χ4v) is 3.98. The number of H-pyrrole nitrogens is 1. The summed E-state index contributed by atoms with van der Waals surface area (Å²) in [7, 11) is 0. The van der Waals surface area contributed by atoms with E-state index in [1.807, 2.05) is 36.9 Å². The second-order valence-electron chi connectivity index (χ2n) is 6.02. The number of aromatic nitrogens is 2. The first kappa shape index (κ1) is 16.8. The standard InChI is InChI=1S/C18H21N3O2S/c1-4-14-12(3)19-18(20-17(14)23)24-10-16(22)21-11(2)9-13-7-5-6-8-15(13)21/h5-8,11H,4,9-10H2,1-3H3,(H,19,20,23)/t11-/m0/s1. The lowest BCUT2D eigenvalue weighted by molar-refractivity contribution is -0.116. The highest BCUT2D eigenvalue weighted by molar-refractivity contribution is 7.99. The van der Waals surface area contributed by atoms with Crippen LogP contribution in [0.2, 0.25) is 0 Å². The Morgan fingerprint density at radius 1 is 1.42 bits per heavy atom. The number of amides is 1. The lowest BCUT2D eigenvalue weighted by Gasteiger charge is -2.22. The summed E-state index contributed by atoms with van der Waals surface area (Å²) in [6, 6.07) is 8.17. The van der Waals surface area contributed by atoms with Gasteiger partial charge in [0.15, 0.2) is 5.16 Å². The van der Waals surface area contributed by atoms with Crippen LogP contribution >= 0.6 is 11.8 Å². The number of aromatic amines is 1. The Hall–Kier alpha value is -2.08. The third kappa shape index (κ3) is 3.11. The Morgan fingerprint density at radius 2 is 2.17 bits per heavy atom. The van der Waals surface area contributed by atoms with Gasteiger partial charge in [-0.05, 0) is 38.3 Å². The maximum atomic E-state index is 12.7. The smallest absolute Gasteiger partial charge is 0.254 e. The first-order chi connectivity index (χ1) is 11.5. The molecule has 24 heavy (non-hydrogen) atoms. The molecule has 1 N–H and O–H groups in total. The first-order valence-corrected chi connectivity index (χ1v) is 9.12. The van der Waals surface area contributed by atoms with E-state index in [0.717, 1.165) is 17.8 Å². The van der Waals surface area contributed by atoms with Crippen molar-refractivity contribution in [3.63, 3.8) is 0 Å². The Balaban J connectivity index is 1.74. The molecular formula is C18H21N3O2S. The van der Waals surface area contributed by atoms with Crippen molar-refractivity contribution in [1.82, 2.24) is 9.97 Å². The lowest BCUT2D eigenvalue weighted by Crippen LogP contribution is -2.37. The summed E-state index contributed by atoms with van der Waals surface area (Å²) in [5, 5.41) is 0.503. The summed E-state index contributed by atoms with van der Waals surface area (Å²) < 4.78 is 0. The van der Waals surface area contributed by atoms with Gasteiger partial charge in [-0.3, -0.25) is 9.59 Å². The number of anilines is 1. The number of carbonyl (C=O) groups excluding carboxylic acids is 1. The van der Waals surface area contributed by atoms with Crippen LogP contribution in [-0.4, -0.2) is 27.7 Å². The van der Waals surface area contributed by atoms with Crippen LogP contribution in [0.5, 0.6) is 0 Å². The van der Waals surface area contributed by atoms with Crippen LogP contribution in [-0.2, 0) is 17.6 Å². The Bertz CT molecular complexity index is 831. The molecule has 2 heterocycles. The molecule has 0 bridgehead atoms. The van der Waals surface area contributed by atoms with Crippen LogP contribution in [0.4, 0.5) is 5.69 Å². The topological polar surface area (TPSA) is 66.1 Å². The van der Waals surface area contributed by atoms with Crippen molar-refractivity contribution >= 4 is 23.4 Å². The average Bonchev–Trinajstić information content (AvgIpc) is 2.88. The molecule has 2 aromatic rings. The monoisotopic (exact) mass is 343 g/mol. The molecule has 1 aliphatic heterocycles. The second kappa shape index (κ2) is 6.81. The second-order valence-corrected chi connectivity index (χ2v) is 6.99. The van der Waals surface area contributed by atoms with E-state index in [0.29, 0.717) is 17.1 Å².